The molecular weight excluding hydrogens is 365 g/mol. The van der Waals surface area contributed by atoms with Gasteiger partial charge >= 0.3 is 0 Å². The Hall–Kier alpha value is -1.05. The van der Waals surface area contributed by atoms with Crippen LogP contribution in [0.1, 0.15) is 31.7 Å². The molecule has 20 heavy (non-hydrogen) atoms. The van der Waals surface area contributed by atoms with Gasteiger partial charge in [0.05, 0.1) is 6.54 Å². The van der Waals surface area contributed by atoms with Crippen molar-refractivity contribution in [1.29, 1.82) is 0 Å². The lowest BCUT2D eigenvalue weighted by atomic mass is 10.3. The van der Waals surface area contributed by atoms with Crippen LogP contribution in [0, 0.1) is 0 Å². The molecule has 0 amide bonds. The fraction of sp³-hybridized carbons (Fsp3) is 0.571. The molecule has 2 heterocycles. The van der Waals surface area contributed by atoms with Crippen molar-refractivity contribution in [3.63, 3.8) is 0 Å². The molecule has 0 atom stereocenters. The number of hydrogen-bond acceptors (Lipinski definition) is 3. The second-order valence-corrected chi connectivity index (χ2v) is 4.85. The van der Waals surface area contributed by atoms with Crippen LogP contribution in [0.15, 0.2) is 23.3 Å². The Morgan fingerprint density at radius 2 is 2.15 bits per heavy atom. The van der Waals surface area contributed by atoms with Crippen LogP contribution >= 0.6 is 24.0 Å². The van der Waals surface area contributed by atoms with Crippen molar-refractivity contribution in [2.75, 3.05) is 24.5 Å². The number of nitrogens with two attached hydrogens (primary N) is 1. The molecule has 1 saturated heterocycles. The maximum atomic E-state index is 5.75. The van der Waals surface area contributed by atoms with E-state index in [1.54, 1.807) is 0 Å². The second-order valence-electron chi connectivity index (χ2n) is 4.85. The number of hydrogen-bond donors (Lipinski definition) is 2. The van der Waals surface area contributed by atoms with Gasteiger partial charge in [-0.05, 0) is 30.9 Å². The summed E-state index contributed by atoms with van der Waals surface area (Å²) in [5.41, 5.74) is 6.83. The van der Waals surface area contributed by atoms with E-state index in [2.05, 4.69) is 39.2 Å². The Morgan fingerprint density at radius 3 is 2.75 bits per heavy atom. The summed E-state index contributed by atoms with van der Waals surface area (Å²) in [7, 11) is 0. The van der Waals surface area contributed by atoms with Crippen LogP contribution in [0.3, 0.4) is 0 Å². The number of rotatable bonds is 5. The van der Waals surface area contributed by atoms with Gasteiger partial charge in [0.2, 0.25) is 0 Å². The summed E-state index contributed by atoms with van der Waals surface area (Å²) in [5.74, 6) is 1.58. The topological polar surface area (TPSA) is 66.5 Å². The van der Waals surface area contributed by atoms with E-state index in [0.717, 1.165) is 37.4 Å². The maximum Gasteiger partial charge on any atom is 0.188 e. The zero-order valence-electron chi connectivity index (χ0n) is 12.0. The number of nitrogens with zero attached hydrogens (tertiary/aromatic N) is 3. The third-order valence-electron chi connectivity index (χ3n) is 3.23. The molecule has 0 radical (unpaired) electrons. The molecule has 2 rings (SSSR count). The third-order valence-corrected chi connectivity index (χ3v) is 3.23. The second kappa shape index (κ2) is 8.99. The van der Waals surface area contributed by atoms with E-state index < -0.39 is 0 Å². The third kappa shape index (κ3) is 5.15. The lowest BCUT2D eigenvalue weighted by molar-refractivity contribution is 0.825. The molecule has 1 fully saturated rings. The van der Waals surface area contributed by atoms with E-state index in [-0.39, 0.29) is 24.0 Å². The largest absolute Gasteiger partial charge is 0.370 e. The van der Waals surface area contributed by atoms with Crippen molar-refractivity contribution in [1.82, 2.24) is 10.3 Å². The van der Waals surface area contributed by atoms with Crippen LogP contribution in [-0.2, 0) is 6.54 Å². The first-order chi connectivity index (χ1) is 9.29. The van der Waals surface area contributed by atoms with Gasteiger partial charge in [-0.15, -0.1) is 24.0 Å². The van der Waals surface area contributed by atoms with Gasteiger partial charge in [0.25, 0.3) is 0 Å². The van der Waals surface area contributed by atoms with E-state index in [1.165, 1.54) is 12.8 Å². The molecule has 112 valence electrons. The monoisotopic (exact) mass is 389 g/mol. The summed E-state index contributed by atoms with van der Waals surface area (Å²) < 4.78 is 0. The first-order valence-electron chi connectivity index (χ1n) is 7.03. The highest BCUT2D eigenvalue weighted by atomic mass is 127. The van der Waals surface area contributed by atoms with Crippen LogP contribution in [0.4, 0.5) is 5.82 Å². The van der Waals surface area contributed by atoms with E-state index in [4.69, 9.17) is 5.73 Å². The molecule has 0 bridgehead atoms. The molecule has 0 unspecified atom stereocenters. The molecule has 0 spiro atoms. The minimum atomic E-state index is 0. The van der Waals surface area contributed by atoms with Crippen molar-refractivity contribution in [3.05, 3.63) is 23.9 Å². The minimum Gasteiger partial charge on any atom is -0.370 e. The molecule has 1 aliphatic heterocycles. The zero-order chi connectivity index (χ0) is 13.5. The molecule has 0 aromatic carbocycles. The van der Waals surface area contributed by atoms with Gasteiger partial charge in [-0.25, -0.2) is 9.98 Å². The number of halogens is 1. The van der Waals surface area contributed by atoms with Crippen molar-refractivity contribution in [2.24, 2.45) is 10.7 Å². The predicted octanol–water partition coefficient (Wildman–Crippen LogP) is 2.11. The van der Waals surface area contributed by atoms with Crippen molar-refractivity contribution < 1.29 is 0 Å². The van der Waals surface area contributed by atoms with Gasteiger partial charge in [0, 0.05) is 25.8 Å². The Balaban J connectivity index is 0.00000200. The van der Waals surface area contributed by atoms with E-state index >= 15 is 0 Å². The maximum absolute atomic E-state index is 5.75. The average Bonchev–Trinajstić information content (AvgIpc) is 2.97. The minimum absolute atomic E-state index is 0. The van der Waals surface area contributed by atoms with E-state index in [0.29, 0.717) is 12.5 Å². The lowest BCUT2D eigenvalue weighted by Crippen LogP contribution is -2.32. The van der Waals surface area contributed by atoms with Gasteiger partial charge < -0.3 is 16.0 Å². The number of aliphatic imine (C=N–C) groups is 1. The number of anilines is 1. The number of guanidine groups is 1. The van der Waals surface area contributed by atoms with Crippen LogP contribution in [0.2, 0.25) is 0 Å². The molecule has 6 heteroatoms. The lowest BCUT2D eigenvalue weighted by Gasteiger charge is -2.15. The van der Waals surface area contributed by atoms with Gasteiger partial charge in [-0.1, -0.05) is 13.0 Å². The molecule has 5 nitrogen and oxygen atoms in total. The SMILES string of the molecule is CCCNC(N)=NCc1ccc(N2CCCC2)nc1.I. The summed E-state index contributed by atoms with van der Waals surface area (Å²) in [5, 5.41) is 3.06. The fourth-order valence-corrected chi connectivity index (χ4v) is 2.13. The quantitative estimate of drug-likeness (QED) is 0.460. The highest BCUT2D eigenvalue weighted by Crippen LogP contribution is 2.17. The smallest absolute Gasteiger partial charge is 0.188 e. The first kappa shape index (κ1) is 17.0. The fourth-order valence-electron chi connectivity index (χ4n) is 2.13. The summed E-state index contributed by atoms with van der Waals surface area (Å²) in [4.78, 5) is 11.1. The van der Waals surface area contributed by atoms with Gasteiger partial charge in [-0.2, -0.15) is 0 Å². The standard InChI is InChI=1S/C14H23N5.HI/c1-2-7-16-14(15)18-11-12-5-6-13(17-10-12)19-8-3-4-9-19;/h5-6,10H,2-4,7-9,11H2,1H3,(H3,15,16,18);1H. The molecule has 0 aliphatic carbocycles. The molecule has 1 aromatic heterocycles. The molecule has 1 aliphatic rings. The summed E-state index contributed by atoms with van der Waals surface area (Å²) in [6.07, 6.45) is 5.48. The molecule has 0 saturated carbocycles. The number of nitrogens with one attached hydrogen (secondary N) is 1. The average molecular weight is 389 g/mol. The Bertz CT molecular complexity index is 412. The van der Waals surface area contributed by atoms with Gasteiger partial charge in [0.1, 0.15) is 5.82 Å². The Kier molecular flexibility index (Phi) is 7.64. The molecule has 1 aromatic rings. The summed E-state index contributed by atoms with van der Waals surface area (Å²) >= 11 is 0. The van der Waals surface area contributed by atoms with Crippen molar-refractivity contribution in [3.8, 4) is 0 Å². The first-order valence-corrected chi connectivity index (χ1v) is 7.03. The van der Waals surface area contributed by atoms with Crippen LogP contribution in [0.5, 0.6) is 0 Å². The van der Waals surface area contributed by atoms with Crippen LogP contribution in [-0.4, -0.2) is 30.6 Å². The van der Waals surface area contributed by atoms with E-state index in [1.807, 2.05) is 6.20 Å². The molecule has 3 N–H and O–H groups in total. The normalized spacial score (nSPS) is 15.1. The zero-order valence-corrected chi connectivity index (χ0v) is 14.3. The van der Waals surface area contributed by atoms with Crippen molar-refractivity contribution >= 4 is 35.8 Å². The highest BCUT2D eigenvalue weighted by molar-refractivity contribution is 14.0. The van der Waals surface area contributed by atoms with Crippen LogP contribution in [0.25, 0.3) is 0 Å². The van der Waals surface area contributed by atoms with Crippen LogP contribution < -0.4 is 16.0 Å². The number of pyridine rings is 1. The number of aromatic nitrogens is 1. The highest BCUT2D eigenvalue weighted by Gasteiger charge is 2.12. The van der Waals surface area contributed by atoms with E-state index in [9.17, 15) is 0 Å². The van der Waals surface area contributed by atoms with Gasteiger partial charge in [-0.3, -0.25) is 0 Å². The predicted molar refractivity (Wildman–Crippen MR) is 94.7 cm³/mol. The summed E-state index contributed by atoms with van der Waals surface area (Å²) in [6.45, 7) is 5.79. The molecular formula is C14H24IN5. The van der Waals surface area contributed by atoms with Crippen molar-refractivity contribution in [2.45, 2.75) is 32.7 Å². The Morgan fingerprint density at radius 1 is 1.40 bits per heavy atom. The summed E-state index contributed by atoms with van der Waals surface area (Å²) in [6, 6.07) is 4.16. The Labute approximate surface area is 138 Å². The van der Waals surface area contributed by atoms with Gasteiger partial charge in [0.15, 0.2) is 5.96 Å².